The third-order valence-electron chi connectivity index (χ3n) is 2.18. The molecule has 0 aromatic heterocycles. The Balaban J connectivity index is 2.35. The van der Waals surface area contributed by atoms with Crippen molar-refractivity contribution in [1.29, 1.82) is 0 Å². The van der Waals surface area contributed by atoms with Crippen LogP contribution in [0.25, 0.3) is 0 Å². The summed E-state index contributed by atoms with van der Waals surface area (Å²) in [6.07, 6.45) is 0.970. The maximum absolute atomic E-state index is 10.9. The highest BCUT2D eigenvalue weighted by atomic mass is 16.5. The van der Waals surface area contributed by atoms with Crippen molar-refractivity contribution in [2.45, 2.75) is 20.3 Å². The standard InChI is InChI=1S/C13H20N2O2/c1-3-17-9-5-8-14-12-6-4-7-13(10-12)15-11(2)16/h4,6-7,10,14H,3,5,8-9H2,1-2H3,(H,15,16). The zero-order chi connectivity index (χ0) is 12.5. The fourth-order valence-electron chi connectivity index (χ4n) is 1.46. The van der Waals surface area contributed by atoms with E-state index >= 15 is 0 Å². The van der Waals surface area contributed by atoms with E-state index in [1.165, 1.54) is 6.92 Å². The highest BCUT2D eigenvalue weighted by Crippen LogP contribution is 2.14. The van der Waals surface area contributed by atoms with Crippen LogP contribution in [0.15, 0.2) is 24.3 Å². The SMILES string of the molecule is CCOCCCNc1cccc(NC(C)=O)c1. The molecule has 0 fully saturated rings. The van der Waals surface area contributed by atoms with Crippen LogP contribution < -0.4 is 10.6 Å². The number of ether oxygens (including phenoxy) is 1. The lowest BCUT2D eigenvalue weighted by Crippen LogP contribution is -2.08. The van der Waals surface area contributed by atoms with Crippen molar-refractivity contribution in [3.05, 3.63) is 24.3 Å². The molecular formula is C13H20N2O2. The van der Waals surface area contributed by atoms with Gasteiger partial charge in [0.15, 0.2) is 0 Å². The smallest absolute Gasteiger partial charge is 0.221 e. The van der Waals surface area contributed by atoms with Gasteiger partial charge in [-0.3, -0.25) is 4.79 Å². The number of carbonyl (C=O) groups is 1. The number of hydrogen-bond acceptors (Lipinski definition) is 3. The summed E-state index contributed by atoms with van der Waals surface area (Å²) < 4.78 is 5.25. The number of nitrogens with one attached hydrogen (secondary N) is 2. The largest absolute Gasteiger partial charge is 0.385 e. The van der Waals surface area contributed by atoms with Gasteiger partial charge in [0.2, 0.25) is 5.91 Å². The van der Waals surface area contributed by atoms with Crippen LogP contribution in [0.5, 0.6) is 0 Å². The van der Waals surface area contributed by atoms with Gasteiger partial charge in [-0.15, -0.1) is 0 Å². The molecule has 0 heterocycles. The fraction of sp³-hybridized carbons (Fsp3) is 0.462. The predicted molar refractivity (Wildman–Crippen MR) is 70.3 cm³/mol. The lowest BCUT2D eigenvalue weighted by atomic mass is 10.2. The second-order valence-electron chi connectivity index (χ2n) is 3.74. The fourth-order valence-corrected chi connectivity index (χ4v) is 1.46. The molecule has 0 saturated carbocycles. The van der Waals surface area contributed by atoms with Crippen LogP contribution in [0.2, 0.25) is 0 Å². The van der Waals surface area contributed by atoms with Crippen molar-refractivity contribution in [3.63, 3.8) is 0 Å². The van der Waals surface area contributed by atoms with E-state index in [4.69, 9.17) is 4.74 Å². The lowest BCUT2D eigenvalue weighted by Gasteiger charge is -2.08. The van der Waals surface area contributed by atoms with Crippen LogP contribution in [-0.2, 0) is 9.53 Å². The lowest BCUT2D eigenvalue weighted by molar-refractivity contribution is -0.114. The van der Waals surface area contributed by atoms with Gasteiger partial charge in [0.1, 0.15) is 0 Å². The first kappa shape index (κ1) is 13.5. The summed E-state index contributed by atoms with van der Waals surface area (Å²) in [5.74, 6) is -0.0569. The van der Waals surface area contributed by atoms with Crippen molar-refractivity contribution >= 4 is 17.3 Å². The van der Waals surface area contributed by atoms with E-state index in [-0.39, 0.29) is 5.91 Å². The van der Waals surface area contributed by atoms with E-state index in [1.54, 1.807) is 0 Å². The van der Waals surface area contributed by atoms with Crippen LogP contribution in [0, 0.1) is 0 Å². The summed E-state index contributed by atoms with van der Waals surface area (Å²) in [5.41, 5.74) is 1.82. The topological polar surface area (TPSA) is 50.4 Å². The number of benzene rings is 1. The van der Waals surface area contributed by atoms with Gasteiger partial charge in [-0.2, -0.15) is 0 Å². The number of amides is 1. The summed E-state index contributed by atoms with van der Waals surface area (Å²) in [5, 5.41) is 6.04. The summed E-state index contributed by atoms with van der Waals surface area (Å²) >= 11 is 0. The van der Waals surface area contributed by atoms with E-state index in [2.05, 4.69) is 10.6 Å². The van der Waals surface area contributed by atoms with E-state index < -0.39 is 0 Å². The second-order valence-corrected chi connectivity index (χ2v) is 3.74. The number of carbonyl (C=O) groups excluding carboxylic acids is 1. The third-order valence-corrected chi connectivity index (χ3v) is 2.18. The van der Waals surface area contributed by atoms with Crippen molar-refractivity contribution < 1.29 is 9.53 Å². The minimum atomic E-state index is -0.0569. The summed E-state index contributed by atoms with van der Waals surface area (Å²) in [4.78, 5) is 10.9. The van der Waals surface area contributed by atoms with Gasteiger partial charge in [-0.25, -0.2) is 0 Å². The molecule has 1 amide bonds. The van der Waals surface area contributed by atoms with Gasteiger partial charge in [-0.1, -0.05) is 6.07 Å². The highest BCUT2D eigenvalue weighted by molar-refractivity contribution is 5.89. The molecule has 0 bridgehead atoms. The molecule has 1 aromatic carbocycles. The maximum atomic E-state index is 10.9. The van der Waals surface area contributed by atoms with E-state index in [1.807, 2.05) is 31.2 Å². The summed E-state index contributed by atoms with van der Waals surface area (Å²) in [6, 6.07) is 7.68. The summed E-state index contributed by atoms with van der Waals surface area (Å²) in [7, 11) is 0. The van der Waals surface area contributed by atoms with Gasteiger partial charge in [0, 0.05) is 38.1 Å². The summed E-state index contributed by atoms with van der Waals surface area (Å²) in [6.45, 7) is 5.89. The number of rotatable bonds is 7. The molecule has 1 rings (SSSR count). The molecule has 0 aliphatic carbocycles. The first-order chi connectivity index (χ1) is 8.22. The van der Waals surface area contributed by atoms with E-state index in [9.17, 15) is 4.79 Å². The second kappa shape index (κ2) is 7.68. The first-order valence-electron chi connectivity index (χ1n) is 5.91. The van der Waals surface area contributed by atoms with Crippen LogP contribution in [-0.4, -0.2) is 25.7 Å². The maximum Gasteiger partial charge on any atom is 0.221 e. The van der Waals surface area contributed by atoms with Crippen LogP contribution in [0.1, 0.15) is 20.3 Å². The Morgan fingerprint density at radius 3 is 2.82 bits per heavy atom. The quantitative estimate of drug-likeness (QED) is 0.715. The van der Waals surface area contributed by atoms with Gasteiger partial charge in [0.05, 0.1) is 0 Å². The zero-order valence-electron chi connectivity index (χ0n) is 10.5. The van der Waals surface area contributed by atoms with Gasteiger partial charge >= 0.3 is 0 Å². The Morgan fingerprint density at radius 1 is 1.35 bits per heavy atom. The number of anilines is 2. The molecule has 2 N–H and O–H groups in total. The molecule has 94 valence electrons. The van der Waals surface area contributed by atoms with Gasteiger partial charge in [-0.05, 0) is 31.5 Å². The predicted octanol–water partition coefficient (Wildman–Crippen LogP) is 2.48. The molecule has 17 heavy (non-hydrogen) atoms. The number of hydrogen-bond donors (Lipinski definition) is 2. The van der Waals surface area contributed by atoms with Crippen LogP contribution in [0.3, 0.4) is 0 Å². The first-order valence-corrected chi connectivity index (χ1v) is 5.91. The van der Waals surface area contributed by atoms with Gasteiger partial charge < -0.3 is 15.4 Å². The third kappa shape index (κ3) is 5.92. The average Bonchev–Trinajstić information content (AvgIpc) is 2.28. The molecule has 4 heteroatoms. The Bertz CT molecular complexity index is 353. The molecule has 0 unspecified atom stereocenters. The normalized spacial score (nSPS) is 10.0. The molecule has 0 aliphatic rings. The Labute approximate surface area is 102 Å². The molecule has 0 atom stereocenters. The van der Waals surface area contributed by atoms with E-state index in [0.717, 1.165) is 37.6 Å². The van der Waals surface area contributed by atoms with Gasteiger partial charge in [0.25, 0.3) is 0 Å². The Morgan fingerprint density at radius 2 is 2.12 bits per heavy atom. The molecule has 0 radical (unpaired) electrons. The molecular weight excluding hydrogens is 216 g/mol. The Hall–Kier alpha value is -1.55. The minimum absolute atomic E-state index is 0.0569. The van der Waals surface area contributed by atoms with Crippen LogP contribution in [0.4, 0.5) is 11.4 Å². The van der Waals surface area contributed by atoms with Crippen molar-refractivity contribution in [2.75, 3.05) is 30.4 Å². The van der Waals surface area contributed by atoms with E-state index in [0.29, 0.717) is 0 Å². The average molecular weight is 236 g/mol. The molecule has 0 spiro atoms. The molecule has 0 aliphatic heterocycles. The minimum Gasteiger partial charge on any atom is -0.385 e. The van der Waals surface area contributed by atoms with Crippen LogP contribution >= 0.6 is 0 Å². The van der Waals surface area contributed by atoms with Crippen molar-refractivity contribution in [1.82, 2.24) is 0 Å². The highest BCUT2D eigenvalue weighted by Gasteiger charge is 1.97. The molecule has 4 nitrogen and oxygen atoms in total. The van der Waals surface area contributed by atoms with Crippen molar-refractivity contribution in [3.8, 4) is 0 Å². The Kier molecular flexibility index (Phi) is 6.10. The molecule has 0 saturated heterocycles. The van der Waals surface area contributed by atoms with Crippen molar-refractivity contribution in [2.24, 2.45) is 0 Å². The molecule has 1 aromatic rings. The zero-order valence-corrected chi connectivity index (χ0v) is 10.5. The monoisotopic (exact) mass is 236 g/mol.